The summed E-state index contributed by atoms with van der Waals surface area (Å²) in [4.78, 5) is 27.3. The van der Waals surface area contributed by atoms with Gasteiger partial charge in [-0.3, -0.25) is 9.59 Å². The first-order valence-corrected chi connectivity index (χ1v) is 12.8. The Hall–Kier alpha value is -3.77. The lowest BCUT2D eigenvalue weighted by Gasteiger charge is -2.45. The molecule has 2 heterocycles. The van der Waals surface area contributed by atoms with Crippen molar-refractivity contribution < 1.29 is 14.0 Å². The standard InChI is InChI=1S/C30H21BrN2O3/c1-16-10-11-17(14-23(16)31)24-13-12-18(36-24)15-32-33-29(34)27-25-19-6-2-3-7-20(19)26(28(27)30(33)35)22-9-5-4-8-21(22)25/h2-15,25-28H,1H3/b32-15-/t25?,26?,27-,28-/m1/s1. The maximum atomic E-state index is 13.6. The van der Waals surface area contributed by atoms with E-state index >= 15 is 0 Å². The third-order valence-electron chi connectivity index (χ3n) is 7.81. The molecule has 0 spiro atoms. The Morgan fingerprint density at radius 1 is 0.806 bits per heavy atom. The first-order chi connectivity index (χ1) is 17.5. The van der Waals surface area contributed by atoms with Gasteiger partial charge in [-0.15, -0.1) is 0 Å². The highest BCUT2D eigenvalue weighted by Crippen LogP contribution is 2.60. The van der Waals surface area contributed by atoms with Gasteiger partial charge in [0.2, 0.25) is 0 Å². The van der Waals surface area contributed by atoms with Crippen molar-refractivity contribution in [3.8, 4) is 11.3 Å². The largest absolute Gasteiger partial charge is 0.455 e. The lowest BCUT2D eigenvalue weighted by atomic mass is 9.55. The summed E-state index contributed by atoms with van der Waals surface area (Å²) >= 11 is 3.56. The summed E-state index contributed by atoms with van der Waals surface area (Å²) < 4.78 is 6.95. The predicted octanol–water partition coefficient (Wildman–Crippen LogP) is 6.24. The minimum atomic E-state index is -0.443. The number of rotatable bonds is 3. The molecule has 3 aliphatic carbocycles. The highest BCUT2D eigenvalue weighted by Gasteiger charge is 2.61. The van der Waals surface area contributed by atoms with Gasteiger partial charge in [-0.25, -0.2) is 0 Å². The number of carbonyl (C=O) groups excluding carboxylic acids is 2. The maximum absolute atomic E-state index is 13.6. The third kappa shape index (κ3) is 2.97. The minimum Gasteiger partial charge on any atom is -0.455 e. The van der Waals surface area contributed by atoms with Gasteiger partial charge >= 0.3 is 0 Å². The van der Waals surface area contributed by atoms with Crippen LogP contribution in [0.4, 0.5) is 0 Å². The molecule has 4 aromatic rings. The van der Waals surface area contributed by atoms with Crippen LogP contribution in [0, 0.1) is 18.8 Å². The van der Waals surface area contributed by atoms with Crippen molar-refractivity contribution in [2.24, 2.45) is 16.9 Å². The molecule has 1 saturated heterocycles. The molecule has 1 aliphatic heterocycles. The van der Waals surface area contributed by atoms with Crippen molar-refractivity contribution in [2.75, 3.05) is 0 Å². The summed E-state index contributed by atoms with van der Waals surface area (Å²) in [6.07, 6.45) is 1.46. The van der Waals surface area contributed by atoms with Crippen molar-refractivity contribution in [1.29, 1.82) is 0 Å². The Morgan fingerprint density at radius 3 is 1.89 bits per heavy atom. The van der Waals surface area contributed by atoms with Crippen LogP contribution in [0.1, 0.15) is 45.4 Å². The molecule has 2 atom stereocenters. The van der Waals surface area contributed by atoms with Gasteiger partial charge in [0.25, 0.3) is 11.8 Å². The molecular formula is C30H21BrN2O3. The molecule has 3 aromatic carbocycles. The van der Waals surface area contributed by atoms with Gasteiger partial charge in [0.15, 0.2) is 0 Å². The van der Waals surface area contributed by atoms with E-state index in [9.17, 15) is 9.59 Å². The second-order valence-corrected chi connectivity index (χ2v) is 10.5. The Labute approximate surface area is 216 Å². The molecule has 8 rings (SSSR count). The van der Waals surface area contributed by atoms with Crippen molar-refractivity contribution in [1.82, 2.24) is 5.01 Å². The van der Waals surface area contributed by atoms with Crippen LogP contribution in [0.3, 0.4) is 0 Å². The van der Waals surface area contributed by atoms with E-state index in [2.05, 4.69) is 45.3 Å². The van der Waals surface area contributed by atoms with E-state index in [0.29, 0.717) is 11.5 Å². The number of benzene rings is 3. The van der Waals surface area contributed by atoms with Crippen LogP contribution in [0.25, 0.3) is 11.3 Å². The molecule has 2 bridgehead atoms. The number of imide groups is 1. The molecule has 0 unspecified atom stereocenters. The van der Waals surface area contributed by atoms with Gasteiger partial charge in [-0.2, -0.15) is 10.1 Å². The SMILES string of the molecule is Cc1ccc(-c2ccc(/C=N\N3C(=O)[C@@H]4C5c6ccccc6C(c6ccccc65)[C@H]4C3=O)o2)cc1Br. The molecule has 176 valence electrons. The normalized spacial score (nSPS) is 23.8. The molecule has 5 nitrogen and oxygen atoms in total. The average Bonchev–Trinajstić information content (AvgIpc) is 3.47. The topological polar surface area (TPSA) is 62.9 Å². The number of amides is 2. The summed E-state index contributed by atoms with van der Waals surface area (Å²) in [5.74, 6) is -0.480. The summed E-state index contributed by atoms with van der Waals surface area (Å²) in [6, 6.07) is 26.1. The lowest BCUT2D eigenvalue weighted by molar-refractivity contribution is -0.139. The van der Waals surface area contributed by atoms with Gasteiger partial charge < -0.3 is 4.42 Å². The Bertz CT molecular complexity index is 1490. The van der Waals surface area contributed by atoms with Crippen LogP contribution in [-0.4, -0.2) is 23.0 Å². The zero-order valence-corrected chi connectivity index (χ0v) is 21.0. The number of nitrogens with zero attached hydrogens (tertiary/aromatic N) is 2. The highest BCUT2D eigenvalue weighted by molar-refractivity contribution is 9.10. The number of carbonyl (C=O) groups is 2. The van der Waals surface area contributed by atoms with Crippen molar-refractivity contribution >= 4 is 34.0 Å². The molecule has 0 N–H and O–H groups in total. The quantitative estimate of drug-likeness (QED) is 0.230. The van der Waals surface area contributed by atoms with Gasteiger partial charge in [0.05, 0.1) is 18.1 Å². The summed E-state index contributed by atoms with van der Waals surface area (Å²) in [5, 5.41) is 5.41. The summed E-state index contributed by atoms with van der Waals surface area (Å²) in [7, 11) is 0. The molecular weight excluding hydrogens is 516 g/mol. The van der Waals surface area contributed by atoms with E-state index in [4.69, 9.17) is 4.42 Å². The van der Waals surface area contributed by atoms with Gasteiger partial charge in [-0.05, 0) is 52.9 Å². The molecule has 1 fully saturated rings. The lowest BCUT2D eigenvalue weighted by Crippen LogP contribution is -2.41. The maximum Gasteiger partial charge on any atom is 0.254 e. The molecule has 0 saturated carbocycles. The molecule has 36 heavy (non-hydrogen) atoms. The van der Waals surface area contributed by atoms with Gasteiger partial charge in [-0.1, -0.05) is 76.6 Å². The Kier molecular flexibility index (Phi) is 4.70. The number of hydrogen-bond donors (Lipinski definition) is 0. The van der Waals surface area contributed by atoms with E-state index in [0.717, 1.165) is 42.9 Å². The summed E-state index contributed by atoms with van der Waals surface area (Å²) in [5.41, 5.74) is 6.66. The first kappa shape index (κ1) is 21.5. The number of halogens is 1. The Morgan fingerprint density at radius 2 is 1.36 bits per heavy atom. The molecule has 6 heteroatoms. The van der Waals surface area contributed by atoms with Crippen LogP contribution in [-0.2, 0) is 9.59 Å². The van der Waals surface area contributed by atoms with E-state index in [1.807, 2.05) is 55.5 Å². The van der Waals surface area contributed by atoms with Crippen LogP contribution in [0.15, 0.2) is 92.9 Å². The van der Waals surface area contributed by atoms with Gasteiger partial charge in [0.1, 0.15) is 11.5 Å². The van der Waals surface area contributed by atoms with Crippen LogP contribution >= 0.6 is 15.9 Å². The highest BCUT2D eigenvalue weighted by atomic mass is 79.9. The number of hydrogen-bond acceptors (Lipinski definition) is 4. The fourth-order valence-electron chi connectivity index (χ4n) is 6.21. The fourth-order valence-corrected chi connectivity index (χ4v) is 6.59. The number of aryl methyl sites for hydroxylation is 1. The monoisotopic (exact) mass is 536 g/mol. The van der Waals surface area contributed by atoms with E-state index in [1.165, 1.54) is 6.21 Å². The first-order valence-electron chi connectivity index (χ1n) is 12.0. The van der Waals surface area contributed by atoms with E-state index in [-0.39, 0.29) is 23.7 Å². The molecule has 0 radical (unpaired) electrons. The number of furan rings is 1. The number of hydrazone groups is 1. The zero-order valence-electron chi connectivity index (χ0n) is 19.4. The molecule has 1 aromatic heterocycles. The fraction of sp³-hybridized carbons (Fsp3) is 0.167. The van der Waals surface area contributed by atoms with Crippen molar-refractivity contribution in [3.05, 3.63) is 117 Å². The second-order valence-electron chi connectivity index (χ2n) is 9.66. The van der Waals surface area contributed by atoms with Crippen LogP contribution in [0.5, 0.6) is 0 Å². The van der Waals surface area contributed by atoms with Crippen LogP contribution < -0.4 is 0 Å². The van der Waals surface area contributed by atoms with Crippen molar-refractivity contribution in [3.63, 3.8) is 0 Å². The summed E-state index contributed by atoms with van der Waals surface area (Å²) in [6.45, 7) is 2.03. The average molecular weight is 537 g/mol. The minimum absolute atomic E-state index is 0.140. The van der Waals surface area contributed by atoms with Crippen LogP contribution in [0.2, 0.25) is 0 Å². The smallest absolute Gasteiger partial charge is 0.254 e. The predicted molar refractivity (Wildman–Crippen MR) is 140 cm³/mol. The zero-order chi connectivity index (χ0) is 24.6. The molecule has 4 aliphatic rings. The van der Waals surface area contributed by atoms with Gasteiger partial charge in [0, 0.05) is 21.9 Å². The third-order valence-corrected chi connectivity index (χ3v) is 8.66. The van der Waals surface area contributed by atoms with E-state index in [1.54, 1.807) is 6.07 Å². The molecule has 2 amide bonds. The van der Waals surface area contributed by atoms with E-state index < -0.39 is 11.8 Å². The van der Waals surface area contributed by atoms with Crippen molar-refractivity contribution in [2.45, 2.75) is 18.8 Å². The second kappa shape index (κ2) is 7.87. The Balaban J connectivity index is 1.23.